The Morgan fingerprint density at radius 3 is 2.55 bits per heavy atom. The smallest absolute Gasteiger partial charge is 0.407 e. The first kappa shape index (κ1) is 18.0. The van der Waals surface area contributed by atoms with Crippen molar-refractivity contribution in [2.45, 2.75) is 39.2 Å². The van der Waals surface area contributed by atoms with Crippen molar-refractivity contribution in [2.24, 2.45) is 5.92 Å². The van der Waals surface area contributed by atoms with Gasteiger partial charge in [-0.15, -0.1) is 0 Å². The fraction of sp³-hybridized carbons (Fsp3) is 0.529. The Morgan fingerprint density at radius 1 is 1.18 bits per heavy atom. The van der Waals surface area contributed by atoms with Crippen LogP contribution in [-0.2, 0) is 20.9 Å². The molecular formula is C17H25NO4. The van der Waals surface area contributed by atoms with Crippen LogP contribution in [0, 0.1) is 5.92 Å². The molecule has 1 atom stereocenters. The minimum Gasteiger partial charge on any atom is -0.469 e. The quantitative estimate of drug-likeness (QED) is 0.561. The molecular weight excluding hydrogens is 282 g/mol. The fourth-order valence-corrected chi connectivity index (χ4v) is 2.09. The molecule has 1 amide bonds. The second-order valence-electron chi connectivity index (χ2n) is 5.16. The Hall–Kier alpha value is -2.04. The molecule has 1 aromatic rings. The third-order valence-electron chi connectivity index (χ3n) is 3.40. The molecule has 1 aromatic carbocycles. The molecule has 1 rings (SSSR count). The number of alkyl carbamates (subject to hydrolysis) is 1. The maximum Gasteiger partial charge on any atom is 0.407 e. The maximum atomic E-state index is 11.7. The number of carbonyl (C=O) groups is 2. The number of hydrogen-bond acceptors (Lipinski definition) is 4. The Morgan fingerprint density at radius 2 is 1.91 bits per heavy atom. The summed E-state index contributed by atoms with van der Waals surface area (Å²) in [6.07, 6.45) is 3.27. The molecule has 5 heteroatoms. The molecule has 0 aliphatic rings. The van der Waals surface area contributed by atoms with Crippen molar-refractivity contribution in [2.75, 3.05) is 13.7 Å². The normalized spacial score (nSPS) is 11.5. The molecule has 122 valence electrons. The van der Waals surface area contributed by atoms with Crippen LogP contribution in [-0.4, -0.2) is 25.7 Å². The van der Waals surface area contributed by atoms with E-state index in [4.69, 9.17) is 9.47 Å². The van der Waals surface area contributed by atoms with Crippen molar-refractivity contribution in [1.29, 1.82) is 0 Å². The fourth-order valence-electron chi connectivity index (χ4n) is 2.09. The summed E-state index contributed by atoms with van der Waals surface area (Å²) in [5.41, 5.74) is 0.921. The Balaban J connectivity index is 2.33. The van der Waals surface area contributed by atoms with E-state index in [-0.39, 0.29) is 25.0 Å². The van der Waals surface area contributed by atoms with Crippen molar-refractivity contribution in [1.82, 2.24) is 5.32 Å². The number of ether oxygens (including phenoxy) is 2. The molecule has 0 radical (unpaired) electrons. The Labute approximate surface area is 132 Å². The van der Waals surface area contributed by atoms with Crippen LogP contribution in [0.25, 0.3) is 0 Å². The summed E-state index contributed by atoms with van der Waals surface area (Å²) >= 11 is 0. The van der Waals surface area contributed by atoms with Gasteiger partial charge in [0.05, 0.1) is 13.0 Å². The molecule has 0 saturated carbocycles. The molecule has 1 N–H and O–H groups in total. The van der Waals surface area contributed by atoms with E-state index in [0.29, 0.717) is 6.42 Å². The summed E-state index contributed by atoms with van der Waals surface area (Å²) in [6.45, 7) is 2.56. The van der Waals surface area contributed by atoms with Gasteiger partial charge in [0.25, 0.3) is 0 Å². The Kier molecular flexibility index (Phi) is 8.72. The first-order chi connectivity index (χ1) is 10.7. The molecule has 22 heavy (non-hydrogen) atoms. The van der Waals surface area contributed by atoms with Crippen molar-refractivity contribution >= 4 is 12.1 Å². The van der Waals surface area contributed by atoms with Gasteiger partial charge in [0.1, 0.15) is 6.61 Å². The number of carbonyl (C=O) groups excluding carboxylic acids is 2. The van der Waals surface area contributed by atoms with Gasteiger partial charge >= 0.3 is 12.1 Å². The highest BCUT2D eigenvalue weighted by Crippen LogP contribution is 2.11. The van der Waals surface area contributed by atoms with Crippen molar-refractivity contribution in [3.8, 4) is 0 Å². The summed E-state index contributed by atoms with van der Waals surface area (Å²) in [7, 11) is 1.36. The minimum atomic E-state index is -0.520. The monoisotopic (exact) mass is 307 g/mol. The summed E-state index contributed by atoms with van der Waals surface area (Å²) in [5.74, 6) is -0.611. The second kappa shape index (κ2) is 10.7. The first-order valence-electron chi connectivity index (χ1n) is 7.69. The molecule has 0 aliphatic heterocycles. The number of benzene rings is 1. The lowest BCUT2D eigenvalue weighted by Crippen LogP contribution is -2.33. The van der Waals surface area contributed by atoms with Crippen LogP contribution in [0.5, 0.6) is 0 Å². The molecule has 0 heterocycles. The lowest BCUT2D eigenvalue weighted by atomic mass is 10.0. The summed E-state index contributed by atoms with van der Waals surface area (Å²) in [6, 6.07) is 9.45. The molecule has 1 unspecified atom stereocenters. The van der Waals surface area contributed by atoms with Crippen LogP contribution >= 0.6 is 0 Å². The number of methoxy groups -OCH3 is 1. The van der Waals surface area contributed by atoms with Crippen LogP contribution < -0.4 is 5.32 Å². The first-order valence-corrected chi connectivity index (χ1v) is 7.69. The summed E-state index contributed by atoms with van der Waals surface area (Å²) in [5, 5.41) is 2.63. The van der Waals surface area contributed by atoms with Gasteiger partial charge in [-0.05, 0) is 12.0 Å². The van der Waals surface area contributed by atoms with Gasteiger partial charge in [-0.3, -0.25) is 4.79 Å². The molecule has 0 aliphatic carbocycles. The van der Waals surface area contributed by atoms with E-state index in [0.717, 1.165) is 24.8 Å². The van der Waals surface area contributed by atoms with Gasteiger partial charge in [-0.1, -0.05) is 56.5 Å². The average molecular weight is 307 g/mol. The Bertz CT molecular complexity index is 447. The number of amides is 1. The van der Waals surface area contributed by atoms with Crippen LogP contribution in [0.15, 0.2) is 30.3 Å². The van der Waals surface area contributed by atoms with Crippen LogP contribution in [0.4, 0.5) is 4.79 Å². The molecule has 0 spiro atoms. The largest absolute Gasteiger partial charge is 0.469 e. The summed E-state index contributed by atoms with van der Waals surface area (Å²) in [4.78, 5) is 23.4. The third kappa shape index (κ3) is 7.11. The highest BCUT2D eigenvalue weighted by molar-refractivity contribution is 5.74. The topological polar surface area (TPSA) is 64.6 Å². The predicted octanol–water partition coefficient (Wildman–Crippen LogP) is 3.28. The number of unbranched alkanes of at least 4 members (excludes halogenated alkanes) is 2. The summed E-state index contributed by atoms with van der Waals surface area (Å²) < 4.78 is 9.89. The predicted molar refractivity (Wildman–Crippen MR) is 84.3 cm³/mol. The van der Waals surface area contributed by atoms with Gasteiger partial charge in [-0.25, -0.2) is 4.79 Å². The highest BCUT2D eigenvalue weighted by Gasteiger charge is 2.19. The average Bonchev–Trinajstić information content (AvgIpc) is 2.56. The van der Waals surface area contributed by atoms with Crippen molar-refractivity contribution in [3.05, 3.63) is 35.9 Å². The van der Waals surface area contributed by atoms with Crippen molar-refractivity contribution < 1.29 is 19.1 Å². The van der Waals surface area contributed by atoms with E-state index in [1.165, 1.54) is 7.11 Å². The SMILES string of the molecule is CCCCCC(CNC(=O)OCc1ccccc1)C(=O)OC. The zero-order valence-corrected chi connectivity index (χ0v) is 13.3. The highest BCUT2D eigenvalue weighted by atomic mass is 16.5. The maximum absolute atomic E-state index is 11.7. The van der Waals surface area contributed by atoms with E-state index in [1.807, 2.05) is 30.3 Å². The lowest BCUT2D eigenvalue weighted by molar-refractivity contribution is -0.145. The van der Waals surface area contributed by atoms with Gasteiger partial charge < -0.3 is 14.8 Å². The third-order valence-corrected chi connectivity index (χ3v) is 3.40. The van der Waals surface area contributed by atoms with E-state index >= 15 is 0 Å². The number of hydrogen-bond donors (Lipinski definition) is 1. The minimum absolute atomic E-state index is 0.214. The van der Waals surface area contributed by atoms with Crippen LogP contribution in [0.1, 0.15) is 38.2 Å². The van der Waals surface area contributed by atoms with Gasteiger partial charge in [-0.2, -0.15) is 0 Å². The standard InChI is InChI=1S/C17H25NO4/c1-3-4-6-11-15(16(19)21-2)12-18-17(20)22-13-14-9-7-5-8-10-14/h5,7-10,15H,3-4,6,11-13H2,1-2H3,(H,18,20). The van der Waals surface area contributed by atoms with E-state index in [9.17, 15) is 9.59 Å². The number of nitrogens with one attached hydrogen (secondary N) is 1. The number of rotatable bonds is 9. The van der Waals surface area contributed by atoms with E-state index < -0.39 is 6.09 Å². The molecule has 0 fully saturated rings. The zero-order chi connectivity index (χ0) is 16.2. The van der Waals surface area contributed by atoms with Gasteiger partial charge in [0.2, 0.25) is 0 Å². The molecule has 5 nitrogen and oxygen atoms in total. The lowest BCUT2D eigenvalue weighted by Gasteiger charge is -2.15. The second-order valence-corrected chi connectivity index (χ2v) is 5.16. The molecule has 0 aromatic heterocycles. The van der Waals surface area contributed by atoms with Crippen LogP contribution in [0.2, 0.25) is 0 Å². The number of esters is 1. The molecule has 0 bridgehead atoms. The van der Waals surface area contributed by atoms with Gasteiger partial charge in [0.15, 0.2) is 0 Å². The van der Waals surface area contributed by atoms with Crippen molar-refractivity contribution in [3.63, 3.8) is 0 Å². The van der Waals surface area contributed by atoms with Gasteiger partial charge in [0, 0.05) is 6.54 Å². The van der Waals surface area contributed by atoms with E-state index in [1.54, 1.807) is 0 Å². The van der Waals surface area contributed by atoms with Crippen LogP contribution in [0.3, 0.4) is 0 Å². The van der Waals surface area contributed by atoms with E-state index in [2.05, 4.69) is 12.2 Å². The molecule has 0 saturated heterocycles. The zero-order valence-electron chi connectivity index (χ0n) is 13.3.